The lowest BCUT2D eigenvalue weighted by molar-refractivity contribution is 0.101. The van der Waals surface area contributed by atoms with Gasteiger partial charge in [-0.15, -0.1) is 11.3 Å². The summed E-state index contributed by atoms with van der Waals surface area (Å²) in [6.07, 6.45) is 1.68. The number of pyridine rings is 1. The second-order valence-corrected chi connectivity index (χ2v) is 6.60. The third-order valence-corrected chi connectivity index (χ3v) is 4.55. The van der Waals surface area contributed by atoms with E-state index in [0.717, 1.165) is 5.69 Å². The van der Waals surface area contributed by atoms with Crippen molar-refractivity contribution in [1.82, 2.24) is 19.7 Å². The maximum Gasteiger partial charge on any atom is 0.276 e. The molecule has 0 radical (unpaired) electrons. The van der Waals surface area contributed by atoms with E-state index in [-0.39, 0.29) is 11.4 Å². The smallest absolute Gasteiger partial charge is 0.276 e. The quantitative estimate of drug-likeness (QED) is 0.580. The summed E-state index contributed by atoms with van der Waals surface area (Å²) in [4.78, 5) is 21.4. The second-order valence-electron chi connectivity index (χ2n) is 5.74. The standard InChI is InChI=1S/C19H14FN5OS/c1-12-10-17(25(24-12)16-8-3-2-6-13(16)20)18(26)23-19-22-15(11-27-19)14-7-4-5-9-21-14/h2-11H,1H3,(H,22,23,26). The largest absolute Gasteiger partial charge is 0.296 e. The number of aromatic nitrogens is 4. The summed E-state index contributed by atoms with van der Waals surface area (Å²) in [5, 5.41) is 9.24. The minimum atomic E-state index is -0.457. The van der Waals surface area contributed by atoms with Crippen LogP contribution in [0.25, 0.3) is 17.1 Å². The van der Waals surface area contributed by atoms with E-state index in [1.54, 1.807) is 37.4 Å². The fraction of sp³-hybridized carbons (Fsp3) is 0.0526. The van der Waals surface area contributed by atoms with Crippen molar-refractivity contribution in [2.45, 2.75) is 6.92 Å². The van der Waals surface area contributed by atoms with Crippen molar-refractivity contribution in [3.8, 4) is 17.1 Å². The van der Waals surface area contributed by atoms with Crippen molar-refractivity contribution >= 4 is 22.4 Å². The number of carbonyl (C=O) groups is 1. The Hall–Kier alpha value is -3.39. The molecule has 0 aliphatic heterocycles. The summed E-state index contributed by atoms with van der Waals surface area (Å²) in [5.41, 5.74) is 2.45. The predicted molar refractivity (Wildman–Crippen MR) is 102 cm³/mol. The maximum atomic E-state index is 14.1. The highest BCUT2D eigenvalue weighted by Gasteiger charge is 2.19. The SMILES string of the molecule is Cc1cc(C(=O)Nc2nc(-c3ccccn3)cs2)n(-c2ccccc2F)n1. The van der Waals surface area contributed by atoms with Gasteiger partial charge in [-0.2, -0.15) is 5.10 Å². The molecule has 0 aliphatic rings. The summed E-state index contributed by atoms with van der Waals surface area (Å²) < 4.78 is 15.4. The zero-order valence-electron chi connectivity index (χ0n) is 14.3. The molecule has 134 valence electrons. The van der Waals surface area contributed by atoms with Gasteiger partial charge < -0.3 is 0 Å². The van der Waals surface area contributed by atoms with Crippen LogP contribution in [0, 0.1) is 12.7 Å². The van der Waals surface area contributed by atoms with Crippen LogP contribution in [0.15, 0.2) is 60.1 Å². The van der Waals surface area contributed by atoms with Gasteiger partial charge in [-0.1, -0.05) is 18.2 Å². The van der Waals surface area contributed by atoms with Crippen molar-refractivity contribution in [2.75, 3.05) is 5.32 Å². The average Bonchev–Trinajstić information content (AvgIpc) is 3.29. The van der Waals surface area contributed by atoms with E-state index < -0.39 is 11.7 Å². The first kappa shape index (κ1) is 17.0. The Labute approximate surface area is 158 Å². The molecule has 0 saturated heterocycles. The number of amides is 1. The molecule has 0 saturated carbocycles. The summed E-state index contributed by atoms with van der Waals surface area (Å²) >= 11 is 1.29. The van der Waals surface area contributed by atoms with Crippen LogP contribution < -0.4 is 5.32 Å². The number of hydrogen-bond donors (Lipinski definition) is 1. The molecule has 1 N–H and O–H groups in total. The normalized spacial score (nSPS) is 10.7. The van der Waals surface area contributed by atoms with E-state index in [9.17, 15) is 9.18 Å². The highest BCUT2D eigenvalue weighted by Crippen LogP contribution is 2.24. The number of anilines is 1. The molecule has 1 amide bonds. The molecule has 0 spiro atoms. The maximum absolute atomic E-state index is 14.1. The number of para-hydroxylation sites is 1. The van der Waals surface area contributed by atoms with Crippen molar-refractivity contribution in [2.24, 2.45) is 0 Å². The molecule has 3 aromatic heterocycles. The minimum Gasteiger partial charge on any atom is -0.296 e. The average molecular weight is 379 g/mol. The molecule has 27 heavy (non-hydrogen) atoms. The van der Waals surface area contributed by atoms with E-state index in [1.807, 2.05) is 23.6 Å². The number of nitrogens with one attached hydrogen (secondary N) is 1. The van der Waals surface area contributed by atoms with Crippen LogP contribution in [0.1, 0.15) is 16.2 Å². The molecule has 3 heterocycles. The topological polar surface area (TPSA) is 72.7 Å². The molecule has 6 nitrogen and oxygen atoms in total. The van der Waals surface area contributed by atoms with Gasteiger partial charge in [-0.05, 0) is 37.3 Å². The fourth-order valence-corrected chi connectivity index (χ4v) is 3.29. The first-order valence-corrected chi connectivity index (χ1v) is 8.99. The molecule has 0 fully saturated rings. The number of hydrogen-bond acceptors (Lipinski definition) is 5. The van der Waals surface area contributed by atoms with Crippen LogP contribution in [-0.4, -0.2) is 25.7 Å². The first-order valence-electron chi connectivity index (χ1n) is 8.11. The van der Waals surface area contributed by atoms with Crippen LogP contribution in [0.4, 0.5) is 9.52 Å². The van der Waals surface area contributed by atoms with Gasteiger partial charge in [0, 0.05) is 11.6 Å². The molecule has 4 aromatic rings. The van der Waals surface area contributed by atoms with Gasteiger partial charge >= 0.3 is 0 Å². The number of carbonyl (C=O) groups excluding carboxylic acids is 1. The third kappa shape index (κ3) is 3.47. The van der Waals surface area contributed by atoms with Crippen molar-refractivity contribution in [1.29, 1.82) is 0 Å². The van der Waals surface area contributed by atoms with Crippen LogP contribution in [0.3, 0.4) is 0 Å². The summed E-state index contributed by atoms with van der Waals surface area (Å²) in [6.45, 7) is 1.75. The van der Waals surface area contributed by atoms with Crippen molar-refractivity contribution in [3.05, 3.63) is 77.3 Å². The minimum absolute atomic E-state index is 0.212. The van der Waals surface area contributed by atoms with E-state index in [2.05, 4.69) is 20.4 Å². The van der Waals surface area contributed by atoms with Crippen molar-refractivity contribution < 1.29 is 9.18 Å². The number of halogens is 1. The second kappa shape index (κ2) is 7.08. The van der Waals surface area contributed by atoms with Gasteiger partial charge in [0.25, 0.3) is 5.91 Å². The van der Waals surface area contributed by atoms with E-state index >= 15 is 0 Å². The molecular weight excluding hydrogens is 365 g/mol. The number of thiazole rings is 1. The lowest BCUT2D eigenvalue weighted by Gasteiger charge is -2.07. The van der Waals surface area contributed by atoms with Crippen LogP contribution in [0.5, 0.6) is 0 Å². The van der Waals surface area contributed by atoms with Gasteiger partial charge in [0.2, 0.25) is 0 Å². The molecule has 0 atom stereocenters. The summed E-state index contributed by atoms with van der Waals surface area (Å²) in [6, 6.07) is 13.3. The molecule has 0 unspecified atom stereocenters. The highest BCUT2D eigenvalue weighted by atomic mass is 32.1. The number of nitrogens with zero attached hydrogens (tertiary/aromatic N) is 4. The van der Waals surface area contributed by atoms with E-state index in [4.69, 9.17) is 0 Å². The van der Waals surface area contributed by atoms with Crippen LogP contribution >= 0.6 is 11.3 Å². The molecule has 1 aromatic carbocycles. The Bertz CT molecular complexity index is 1110. The molecule has 0 bridgehead atoms. The molecule has 0 aliphatic carbocycles. The monoisotopic (exact) mass is 379 g/mol. The van der Waals surface area contributed by atoms with Gasteiger partial charge in [-0.25, -0.2) is 14.1 Å². The lowest BCUT2D eigenvalue weighted by atomic mass is 10.3. The molecule has 4 rings (SSSR count). The van der Waals surface area contributed by atoms with Crippen LogP contribution in [-0.2, 0) is 0 Å². The molecular formula is C19H14FN5OS. The Morgan fingerprint density at radius 1 is 1.15 bits per heavy atom. The lowest BCUT2D eigenvalue weighted by Crippen LogP contribution is -2.17. The fourth-order valence-electron chi connectivity index (χ4n) is 2.59. The Balaban J connectivity index is 1.62. The first-order chi connectivity index (χ1) is 13.1. The number of benzene rings is 1. The number of aryl methyl sites for hydroxylation is 1. The zero-order chi connectivity index (χ0) is 18.8. The Kier molecular flexibility index (Phi) is 4.47. The highest BCUT2D eigenvalue weighted by molar-refractivity contribution is 7.14. The zero-order valence-corrected chi connectivity index (χ0v) is 15.1. The van der Waals surface area contributed by atoms with E-state index in [0.29, 0.717) is 16.5 Å². The van der Waals surface area contributed by atoms with Crippen LogP contribution in [0.2, 0.25) is 0 Å². The van der Waals surface area contributed by atoms with Crippen molar-refractivity contribution in [3.63, 3.8) is 0 Å². The predicted octanol–water partition coefficient (Wildman–Crippen LogP) is 4.09. The third-order valence-electron chi connectivity index (χ3n) is 3.80. The Morgan fingerprint density at radius 3 is 2.74 bits per heavy atom. The summed E-state index contributed by atoms with van der Waals surface area (Å²) in [5.74, 6) is -0.873. The Morgan fingerprint density at radius 2 is 1.96 bits per heavy atom. The summed E-state index contributed by atoms with van der Waals surface area (Å²) in [7, 11) is 0. The van der Waals surface area contributed by atoms with E-state index in [1.165, 1.54) is 22.1 Å². The number of rotatable bonds is 4. The van der Waals surface area contributed by atoms with Gasteiger partial charge in [0.05, 0.1) is 11.4 Å². The van der Waals surface area contributed by atoms with Gasteiger partial charge in [0.1, 0.15) is 22.9 Å². The van der Waals surface area contributed by atoms with Gasteiger partial charge in [0.15, 0.2) is 5.13 Å². The molecule has 8 heteroatoms. The van der Waals surface area contributed by atoms with Gasteiger partial charge in [-0.3, -0.25) is 15.1 Å².